The molecule has 3 nitrogen and oxygen atoms in total. The first-order valence-electron chi connectivity index (χ1n) is 4.76. The lowest BCUT2D eigenvalue weighted by Gasteiger charge is -2.18. The monoisotopic (exact) mass is 204 g/mol. The first-order chi connectivity index (χ1) is 7.08. The molecule has 0 amide bonds. The Bertz CT molecular complexity index is 458. The highest BCUT2D eigenvalue weighted by atomic mass is 16.5. The van der Waals surface area contributed by atoms with E-state index < -0.39 is 5.97 Å². The molecule has 0 saturated carbocycles. The van der Waals surface area contributed by atoms with Crippen LogP contribution in [0.25, 0.3) is 6.08 Å². The van der Waals surface area contributed by atoms with Gasteiger partial charge in [0, 0.05) is 5.56 Å². The summed E-state index contributed by atoms with van der Waals surface area (Å²) in [7, 11) is 0. The van der Waals surface area contributed by atoms with Crippen LogP contribution in [0.2, 0.25) is 0 Å². The van der Waals surface area contributed by atoms with Gasteiger partial charge in [-0.3, -0.25) is 0 Å². The molecule has 0 aliphatic carbocycles. The minimum absolute atomic E-state index is 0.145. The molecule has 0 fully saturated rings. The molecule has 0 radical (unpaired) electrons. The quantitative estimate of drug-likeness (QED) is 0.762. The van der Waals surface area contributed by atoms with Crippen molar-refractivity contribution in [1.82, 2.24) is 0 Å². The van der Waals surface area contributed by atoms with Crippen molar-refractivity contribution in [2.75, 3.05) is 6.61 Å². The van der Waals surface area contributed by atoms with Crippen molar-refractivity contribution in [3.05, 3.63) is 34.4 Å². The van der Waals surface area contributed by atoms with Gasteiger partial charge in [-0.25, -0.2) is 4.79 Å². The van der Waals surface area contributed by atoms with Crippen molar-refractivity contribution in [2.45, 2.75) is 13.8 Å². The Balaban J connectivity index is 2.54. The maximum atomic E-state index is 10.8. The highest BCUT2D eigenvalue weighted by molar-refractivity contribution is 5.94. The van der Waals surface area contributed by atoms with Gasteiger partial charge in [0.05, 0.1) is 5.57 Å². The van der Waals surface area contributed by atoms with Crippen molar-refractivity contribution >= 4 is 12.0 Å². The summed E-state index contributed by atoms with van der Waals surface area (Å²) in [6, 6.07) is 3.96. The number of aryl methyl sites for hydroxylation is 2. The first kappa shape index (κ1) is 9.77. The van der Waals surface area contributed by atoms with Crippen LogP contribution in [0, 0.1) is 13.8 Å². The van der Waals surface area contributed by atoms with E-state index in [4.69, 9.17) is 9.84 Å². The third kappa shape index (κ3) is 1.73. The zero-order valence-electron chi connectivity index (χ0n) is 8.70. The third-order valence-electron chi connectivity index (χ3n) is 2.42. The average molecular weight is 204 g/mol. The molecular weight excluding hydrogens is 192 g/mol. The number of benzene rings is 1. The van der Waals surface area contributed by atoms with Crippen LogP contribution in [-0.2, 0) is 4.79 Å². The van der Waals surface area contributed by atoms with E-state index in [1.807, 2.05) is 26.0 Å². The molecule has 0 aromatic heterocycles. The summed E-state index contributed by atoms with van der Waals surface area (Å²) in [5.41, 5.74) is 3.31. The van der Waals surface area contributed by atoms with Crippen molar-refractivity contribution < 1.29 is 14.6 Å². The maximum absolute atomic E-state index is 10.8. The molecular formula is C12H12O3. The predicted octanol–water partition coefficient (Wildman–Crippen LogP) is 2.16. The Morgan fingerprint density at radius 2 is 2.13 bits per heavy atom. The molecule has 0 spiro atoms. The summed E-state index contributed by atoms with van der Waals surface area (Å²) in [6.45, 7) is 4.09. The number of aliphatic carboxylic acids is 1. The lowest BCUT2D eigenvalue weighted by molar-refractivity contribution is -0.132. The van der Waals surface area contributed by atoms with Crippen LogP contribution in [0.3, 0.4) is 0 Å². The molecule has 0 atom stereocenters. The number of carboxylic acids is 1. The Hall–Kier alpha value is -1.77. The number of fused-ring (bicyclic) bond motifs is 1. The molecule has 1 aromatic carbocycles. The van der Waals surface area contributed by atoms with E-state index in [0.717, 1.165) is 22.4 Å². The van der Waals surface area contributed by atoms with E-state index in [1.165, 1.54) is 0 Å². The van der Waals surface area contributed by atoms with Gasteiger partial charge >= 0.3 is 5.97 Å². The zero-order valence-corrected chi connectivity index (χ0v) is 8.70. The number of rotatable bonds is 1. The van der Waals surface area contributed by atoms with E-state index in [9.17, 15) is 4.79 Å². The van der Waals surface area contributed by atoms with Crippen molar-refractivity contribution in [1.29, 1.82) is 0 Å². The number of carbonyl (C=O) groups is 1. The zero-order chi connectivity index (χ0) is 11.0. The van der Waals surface area contributed by atoms with Gasteiger partial charge in [0.15, 0.2) is 0 Å². The van der Waals surface area contributed by atoms with Gasteiger partial charge in [-0.2, -0.15) is 0 Å². The van der Waals surface area contributed by atoms with E-state index in [2.05, 4.69) is 0 Å². The Morgan fingerprint density at radius 1 is 1.40 bits per heavy atom. The van der Waals surface area contributed by atoms with E-state index in [-0.39, 0.29) is 6.61 Å². The van der Waals surface area contributed by atoms with Gasteiger partial charge in [-0.05, 0) is 31.6 Å². The topological polar surface area (TPSA) is 46.5 Å². The molecule has 1 aliphatic heterocycles. The molecule has 1 aliphatic rings. The van der Waals surface area contributed by atoms with Crippen LogP contribution in [0.4, 0.5) is 0 Å². The van der Waals surface area contributed by atoms with Crippen LogP contribution in [-0.4, -0.2) is 17.7 Å². The number of hydrogen-bond acceptors (Lipinski definition) is 2. The fraction of sp³-hybridized carbons (Fsp3) is 0.250. The fourth-order valence-electron chi connectivity index (χ4n) is 1.79. The van der Waals surface area contributed by atoms with Gasteiger partial charge in [-0.15, -0.1) is 0 Å². The number of ether oxygens (including phenoxy) is 1. The van der Waals surface area contributed by atoms with Crippen molar-refractivity contribution in [3.63, 3.8) is 0 Å². The minimum atomic E-state index is -0.917. The largest absolute Gasteiger partial charge is 0.488 e. The molecule has 15 heavy (non-hydrogen) atoms. The third-order valence-corrected chi connectivity index (χ3v) is 2.42. The number of carboxylic acid groups (broad SMARTS) is 1. The second-order valence-electron chi connectivity index (χ2n) is 3.76. The average Bonchev–Trinajstić information content (AvgIpc) is 2.16. The second kappa shape index (κ2) is 3.42. The van der Waals surface area contributed by atoms with Crippen molar-refractivity contribution in [3.8, 4) is 5.75 Å². The van der Waals surface area contributed by atoms with E-state index in [0.29, 0.717) is 5.57 Å². The summed E-state index contributed by atoms with van der Waals surface area (Å²) in [5.74, 6) is -0.120. The van der Waals surface area contributed by atoms with Crippen LogP contribution >= 0.6 is 0 Å². The predicted molar refractivity (Wildman–Crippen MR) is 57.0 cm³/mol. The van der Waals surface area contributed by atoms with Crippen LogP contribution in [0.5, 0.6) is 5.75 Å². The standard InChI is InChI=1S/C12H12O3/c1-7-3-8(2)11-9(4-7)5-10(6-15-11)12(13)14/h3-5H,6H2,1-2H3,(H,13,14). The Kier molecular flexibility index (Phi) is 2.23. The molecule has 2 rings (SSSR count). The van der Waals surface area contributed by atoms with Gasteiger partial charge in [0.1, 0.15) is 12.4 Å². The molecule has 1 heterocycles. The summed E-state index contributed by atoms with van der Waals surface area (Å²) in [5, 5.41) is 8.85. The lowest BCUT2D eigenvalue weighted by Crippen LogP contribution is -2.14. The molecule has 78 valence electrons. The molecule has 1 N–H and O–H groups in total. The summed E-state index contributed by atoms with van der Waals surface area (Å²) in [4.78, 5) is 10.8. The smallest absolute Gasteiger partial charge is 0.335 e. The highest BCUT2D eigenvalue weighted by Crippen LogP contribution is 2.30. The van der Waals surface area contributed by atoms with Gasteiger partial charge < -0.3 is 9.84 Å². The maximum Gasteiger partial charge on any atom is 0.335 e. The minimum Gasteiger partial charge on any atom is -0.488 e. The summed E-state index contributed by atoms with van der Waals surface area (Å²) >= 11 is 0. The summed E-state index contributed by atoms with van der Waals surface area (Å²) in [6.07, 6.45) is 1.68. The van der Waals surface area contributed by atoms with Crippen LogP contribution < -0.4 is 4.74 Å². The highest BCUT2D eigenvalue weighted by Gasteiger charge is 2.17. The lowest BCUT2D eigenvalue weighted by atomic mass is 10.0. The van der Waals surface area contributed by atoms with E-state index >= 15 is 0 Å². The van der Waals surface area contributed by atoms with Gasteiger partial charge in [-0.1, -0.05) is 11.6 Å². The fourth-order valence-corrected chi connectivity index (χ4v) is 1.79. The SMILES string of the molecule is Cc1cc(C)c2c(c1)C=C(C(=O)O)CO2. The van der Waals surface area contributed by atoms with Crippen LogP contribution in [0.1, 0.15) is 16.7 Å². The Morgan fingerprint density at radius 3 is 2.80 bits per heavy atom. The molecule has 0 saturated heterocycles. The van der Waals surface area contributed by atoms with Crippen LogP contribution in [0.15, 0.2) is 17.7 Å². The van der Waals surface area contributed by atoms with Gasteiger partial charge in [0.2, 0.25) is 0 Å². The summed E-state index contributed by atoms with van der Waals surface area (Å²) < 4.78 is 5.43. The molecule has 0 unspecified atom stereocenters. The van der Waals surface area contributed by atoms with E-state index in [1.54, 1.807) is 6.08 Å². The second-order valence-corrected chi connectivity index (χ2v) is 3.76. The molecule has 3 heteroatoms. The van der Waals surface area contributed by atoms with Gasteiger partial charge in [0.25, 0.3) is 0 Å². The molecule has 0 bridgehead atoms. The first-order valence-corrected chi connectivity index (χ1v) is 4.76. The number of hydrogen-bond donors (Lipinski definition) is 1. The normalized spacial score (nSPS) is 13.9. The van der Waals surface area contributed by atoms with Crippen molar-refractivity contribution in [2.24, 2.45) is 0 Å². The Labute approximate surface area is 88.0 Å². The molecule has 1 aromatic rings.